The van der Waals surface area contributed by atoms with Crippen LogP contribution in [0.4, 0.5) is 5.69 Å². The summed E-state index contributed by atoms with van der Waals surface area (Å²) in [4.78, 5) is 13.8. The molecule has 24 heavy (non-hydrogen) atoms. The second kappa shape index (κ2) is 7.08. The molecule has 0 atom stereocenters. The molecule has 2 rings (SSSR count). The fraction of sp³-hybridized carbons (Fsp3) is 0.381. The molecule has 0 bridgehead atoms. The lowest BCUT2D eigenvalue weighted by molar-refractivity contribution is -0.137. The summed E-state index contributed by atoms with van der Waals surface area (Å²) in [7, 11) is 4.08. The predicted molar refractivity (Wildman–Crippen MR) is 99.8 cm³/mol. The van der Waals surface area contributed by atoms with Gasteiger partial charge in [0.1, 0.15) is 5.75 Å². The fourth-order valence-electron chi connectivity index (χ4n) is 2.52. The van der Waals surface area contributed by atoms with E-state index in [0.29, 0.717) is 5.75 Å². The van der Waals surface area contributed by atoms with E-state index in [1.54, 1.807) is 0 Å². The van der Waals surface area contributed by atoms with Gasteiger partial charge in [0.2, 0.25) is 0 Å². The highest BCUT2D eigenvalue weighted by Crippen LogP contribution is 2.33. The van der Waals surface area contributed by atoms with E-state index in [1.165, 1.54) is 16.8 Å². The standard InChI is InChI=1S/C21H27NO2/c1-15(2)20(23)24-19-13-9-17(10-14-19)21(3,4)16-7-11-18(12-8-16)22(5)6/h7-15H,1-6H3. The third kappa shape index (κ3) is 3.97. The van der Waals surface area contributed by atoms with Crippen molar-refractivity contribution in [3.8, 4) is 5.75 Å². The minimum atomic E-state index is -0.207. The van der Waals surface area contributed by atoms with Crippen LogP contribution >= 0.6 is 0 Å². The van der Waals surface area contributed by atoms with Crippen LogP contribution in [0, 0.1) is 5.92 Å². The first-order chi connectivity index (χ1) is 11.2. The fourth-order valence-corrected chi connectivity index (χ4v) is 2.52. The van der Waals surface area contributed by atoms with Gasteiger partial charge in [-0.2, -0.15) is 0 Å². The maximum Gasteiger partial charge on any atom is 0.313 e. The van der Waals surface area contributed by atoms with Crippen molar-refractivity contribution in [1.82, 2.24) is 0 Å². The average Bonchev–Trinajstić information content (AvgIpc) is 2.55. The molecule has 0 amide bonds. The van der Waals surface area contributed by atoms with Gasteiger partial charge >= 0.3 is 5.97 Å². The quantitative estimate of drug-likeness (QED) is 0.592. The van der Waals surface area contributed by atoms with Crippen molar-refractivity contribution >= 4 is 11.7 Å². The van der Waals surface area contributed by atoms with Crippen molar-refractivity contribution in [2.45, 2.75) is 33.1 Å². The maximum atomic E-state index is 11.7. The molecule has 0 N–H and O–H groups in total. The molecule has 3 heteroatoms. The van der Waals surface area contributed by atoms with Gasteiger partial charge in [0.05, 0.1) is 5.92 Å². The Kier molecular flexibility index (Phi) is 5.33. The number of esters is 1. The van der Waals surface area contributed by atoms with Gasteiger partial charge in [-0.1, -0.05) is 52.0 Å². The van der Waals surface area contributed by atoms with E-state index < -0.39 is 0 Å². The highest BCUT2D eigenvalue weighted by molar-refractivity contribution is 5.74. The smallest absolute Gasteiger partial charge is 0.313 e. The summed E-state index contributed by atoms with van der Waals surface area (Å²) < 4.78 is 5.35. The lowest BCUT2D eigenvalue weighted by Gasteiger charge is -2.27. The Morgan fingerprint density at radius 3 is 1.79 bits per heavy atom. The highest BCUT2D eigenvalue weighted by atomic mass is 16.5. The Hall–Kier alpha value is -2.29. The first-order valence-corrected chi connectivity index (χ1v) is 8.32. The molecule has 0 radical (unpaired) electrons. The number of nitrogens with zero attached hydrogens (tertiary/aromatic N) is 1. The number of anilines is 1. The number of carbonyl (C=O) groups excluding carboxylic acids is 1. The van der Waals surface area contributed by atoms with E-state index in [1.807, 2.05) is 52.2 Å². The molecule has 0 unspecified atom stereocenters. The normalized spacial score (nSPS) is 11.5. The van der Waals surface area contributed by atoms with Crippen LogP contribution < -0.4 is 9.64 Å². The van der Waals surface area contributed by atoms with Crippen molar-refractivity contribution < 1.29 is 9.53 Å². The summed E-state index contributed by atoms with van der Waals surface area (Å²) in [6.45, 7) is 8.06. The molecule has 0 fully saturated rings. The first kappa shape index (κ1) is 18.1. The molecular weight excluding hydrogens is 298 g/mol. The summed E-state index contributed by atoms with van der Waals surface area (Å²) in [5.74, 6) is 0.258. The van der Waals surface area contributed by atoms with Crippen LogP contribution in [-0.4, -0.2) is 20.1 Å². The minimum Gasteiger partial charge on any atom is -0.426 e. The SMILES string of the molecule is CC(C)C(=O)Oc1ccc(C(C)(C)c2ccc(N(C)C)cc2)cc1. The van der Waals surface area contributed by atoms with Crippen LogP contribution in [0.15, 0.2) is 48.5 Å². The predicted octanol–water partition coefficient (Wildman–Crippen LogP) is 4.64. The van der Waals surface area contributed by atoms with Crippen molar-refractivity contribution in [3.63, 3.8) is 0 Å². The third-order valence-corrected chi connectivity index (χ3v) is 4.37. The molecule has 0 saturated carbocycles. The van der Waals surface area contributed by atoms with E-state index >= 15 is 0 Å². The van der Waals surface area contributed by atoms with Crippen LogP contribution in [0.3, 0.4) is 0 Å². The summed E-state index contributed by atoms with van der Waals surface area (Å²) >= 11 is 0. The lowest BCUT2D eigenvalue weighted by atomic mass is 9.78. The molecule has 0 saturated heterocycles. The largest absolute Gasteiger partial charge is 0.426 e. The molecule has 128 valence electrons. The molecule has 3 nitrogen and oxygen atoms in total. The van der Waals surface area contributed by atoms with E-state index in [0.717, 1.165) is 0 Å². The van der Waals surface area contributed by atoms with Crippen LogP contribution in [0.2, 0.25) is 0 Å². The Morgan fingerprint density at radius 1 is 0.917 bits per heavy atom. The molecule has 0 aliphatic heterocycles. The lowest BCUT2D eigenvalue weighted by Crippen LogP contribution is -2.19. The molecule has 0 aromatic heterocycles. The summed E-state index contributed by atoms with van der Waals surface area (Å²) in [6.07, 6.45) is 0. The zero-order chi connectivity index (χ0) is 17.9. The summed E-state index contributed by atoms with van der Waals surface area (Å²) in [6, 6.07) is 16.4. The topological polar surface area (TPSA) is 29.5 Å². The average molecular weight is 325 g/mol. The Bertz CT molecular complexity index is 683. The summed E-state index contributed by atoms with van der Waals surface area (Å²) in [5, 5.41) is 0. The van der Waals surface area contributed by atoms with Gasteiger partial charge in [-0.25, -0.2) is 0 Å². The Labute approximate surface area is 145 Å². The van der Waals surface area contributed by atoms with Crippen molar-refractivity contribution in [2.24, 2.45) is 5.92 Å². The number of rotatable bonds is 5. The zero-order valence-corrected chi connectivity index (χ0v) is 15.5. The number of benzene rings is 2. The van der Waals surface area contributed by atoms with Crippen LogP contribution in [-0.2, 0) is 10.2 Å². The van der Waals surface area contributed by atoms with Gasteiger partial charge in [0.25, 0.3) is 0 Å². The zero-order valence-electron chi connectivity index (χ0n) is 15.5. The van der Waals surface area contributed by atoms with Gasteiger partial charge in [0, 0.05) is 25.2 Å². The minimum absolute atomic E-state index is 0.120. The van der Waals surface area contributed by atoms with E-state index in [2.05, 4.69) is 43.0 Å². The van der Waals surface area contributed by atoms with Gasteiger partial charge in [-0.15, -0.1) is 0 Å². The molecule has 0 spiro atoms. The molecular formula is C21H27NO2. The third-order valence-electron chi connectivity index (χ3n) is 4.37. The number of hydrogen-bond acceptors (Lipinski definition) is 3. The molecule has 0 aliphatic carbocycles. The first-order valence-electron chi connectivity index (χ1n) is 8.32. The van der Waals surface area contributed by atoms with Gasteiger partial charge in [0.15, 0.2) is 0 Å². The molecule has 2 aromatic carbocycles. The second-order valence-electron chi connectivity index (χ2n) is 7.17. The van der Waals surface area contributed by atoms with Crippen LogP contribution in [0.1, 0.15) is 38.8 Å². The molecule has 0 heterocycles. The van der Waals surface area contributed by atoms with E-state index in [4.69, 9.17) is 4.74 Å². The number of carbonyl (C=O) groups is 1. The van der Waals surface area contributed by atoms with Crippen molar-refractivity contribution in [3.05, 3.63) is 59.7 Å². The second-order valence-corrected chi connectivity index (χ2v) is 7.17. The van der Waals surface area contributed by atoms with E-state index in [9.17, 15) is 4.79 Å². The molecule has 0 aliphatic rings. The Morgan fingerprint density at radius 2 is 1.38 bits per heavy atom. The van der Waals surface area contributed by atoms with Crippen molar-refractivity contribution in [2.75, 3.05) is 19.0 Å². The number of hydrogen-bond donors (Lipinski definition) is 0. The van der Waals surface area contributed by atoms with Crippen LogP contribution in [0.5, 0.6) is 5.75 Å². The van der Waals surface area contributed by atoms with Crippen LogP contribution in [0.25, 0.3) is 0 Å². The molecule has 2 aromatic rings. The van der Waals surface area contributed by atoms with E-state index in [-0.39, 0.29) is 17.3 Å². The van der Waals surface area contributed by atoms with Gasteiger partial charge in [-0.05, 0) is 35.4 Å². The highest BCUT2D eigenvalue weighted by Gasteiger charge is 2.23. The Balaban J connectivity index is 2.21. The monoisotopic (exact) mass is 325 g/mol. The maximum absolute atomic E-state index is 11.7. The van der Waals surface area contributed by atoms with Gasteiger partial charge in [-0.3, -0.25) is 4.79 Å². The summed E-state index contributed by atoms with van der Waals surface area (Å²) in [5.41, 5.74) is 3.50. The van der Waals surface area contributed by atoms with Gasteiger partial charge < -0.3 is 9.64 Å². The van der Waals surface area contributed by atoms with Crippen molar-refractivity contribution in [1.29, 1.82) is 0 Å². The number of ether oxygens (including phenoxy) is 1.